The fraction of sp³-hybridized carbons (Fsp3) is 0.0820. The largest absolute Gasteiger partial charge is 0.521 e. The summed E-state index contributed by atoms with van der Waals surface area (Å²) < 4.78 is 33.1. The van der Waals surface area contributed by atoms with E-state index in [4.69, 9.17) is 23.7 Å². The fourth-order valence-corrected chi connectivity index (χ4v) is 10.6. The molecule has 2 aliphatic heterocycles. The van der Waals surface area contributed by atoms with E-state index in [0.717, 1.165) is 95.2 Å². The molecule has 336 valence electrons. The van der Waals surface area contributed by atoms with E-state index in [1.54, 1.807) is 40.6 Å². The number of esters is 1. The third-order valence-corrected chi connectivity index (χ3v) is 13.9. The Morgan fingerprint density at radius 2 is 1.11 bits per heavy atom. The Morgan fingerprint density at radius 1 is 0.529 bits per heavy atom. The molecule has 3 heterocycles. The third-order valence-electron chi connectivity index (χ3n) is 13.9. The van der Waals surface area contributed by atoms with Crippen molar-refractivity contribution in [2.45, 2.75) is 0 Å². The number of rotatable bonds is 7. The quantitative estimate of drug-likeness (QED) is 0.0687. The van der Waals surface area contributed by atoms with Gasteiger partial charge < -0.3 is 32.6 Å². The summed E-state index contributed by atoms with van der Waals surface area (Å²) in [6.45, 7) is 0. The number of hydrogen-bond acceptors (Lipinski definition) is 6. The zero-order valence-corrected chi connectivity index (χ0v) is 39.1. The first-order valence-electron chi connectivity index (χ1n) is 23.0. The van der Waals surface area contributed by atoms with Crippen LogP contribution in [0.15, 0.2) is 164 Å². The number of nitrogens with zero attached hydrogens (tertiary/aromatic N) is 2. The molecule has 1 unspecified atom stereocenters. The minimum Gasteiger partial charge on any atom is -0.497 e. The maximum absolute atomic E-state index is 12.7. The molecule has 0 saturated heterocycles. The molecule has 0 fully saturated rings. The molecular formula is C61H43BN2O6. The summed E-state index contributed by atoms with van der Waals surface area (Å²) in [4.78, 5) is 12.7. The van der Waals surface area contributed by atoms with Crippen LogP contribution in [0.3, 0.4) is 0 Å². The minimum absolute atomic E-state index is 0.423. The highest BCUT2D eigenvalue weighted by molar-refractivity contribution is 6.88. The van der Waals surface area contributed by atoms with Crippen LogP contribution >= 0.6 is 0 Å². The second-order valence-corrected chi connectivity index (χ2v) is 17.5. The van der Waals surface area contributed by atoms with Gasteiger partial charge in [0.25, 0.3) is 0 Å². The maximum Gasteiger partial charge on any atom is 0.521 e. The van der Waals surface area contributed by atoms with Gasteiger partial charge in [0.2, 0.25) is 0 Å². The van der Waals surface area contributed by atoms with Crippen molar-refractivity contribution in [1.82, 2.24) is 4.48 Å². The molecule has 2 aliphatic rings. The third kappa shape index (κ3) is 6.51. The Balaban J connectivity index is 1.27. The zero-order valence-electron chi connectivity index (χ0n) is 39.1. The van der Waals surface area contributed by atoms with Gasteiger partial charge in [0.1, 0.15) is 23.0 Å². The van der Waals surface area contributed by atoms with Crippen molar-refractivity contribution < 1.29 is 33.0 Å². The van der Waals surface area contributed by atoms with Crippen LogP contribution in [-0.4, -0.2) is 62.6 Å². The van der Waals surface area contributed by atoms with Crippen LogP contribution in [-0.2, 0) is 4.74 Å². The highest BCUT2D eigenvalue weighted by atomic mass is 16.5. The lowest BCUT2D eigenvalue weighted by atomic mass is 9.45. The lowest BCUT2D eigenvalue weighted by Crippen LogP contribution is -2.56. The van der Waals surface area contributed by atoms with Gasteiger partial charge in [0.15, 0.2) is 11.4 Å². The first-order chi connectivity index (χ1) is 34.3. The molecule has 0 saturated carbocycles. The van der Waals surface area contributed by atoms with E-state index >= 15 is 0 Å². The van der Waals surface area contributed by atoms with Gasteiger partial charge >= 0.3 is 12.4 Å². The lowest BCUT2D eigenvalue weighted by Gasteiger charge is -2.37. The molecular weight excluding hydrogens is 867 g/mol. The van der Waals surface area contributed by atoms with Crippen molar-refractivity contribution >= 4 is 73.0 Å². The SMILES string of the molecule is COC(=O)c1ccc(C#C[B-]2(C#Cc3ccc4ccc5cccc6ccc3c4c56)n3c(c4ccc(OC)cc4c3-c3ccc(OC)cc3)C=C3c4ccc(OC)cc4C(c4ccc(OC)cc4)=[N+]32)cc1. The predicted octanol–water partition coefficient (Wildman–Crippen LogP) is 11.9. The van der Waals surface area contributed by atoms with Crippen molar-refractivity contribution in [3.05, 3.63) is 203 Å². The van der Waals surface area contributed by atoms with Gasteiger partial charge in [0, 0.05) is 44.9 Å². The van der Waals surface area contributed by atoms with Crippen molar-refractivity contribution in [3.8, 4) is 57.7 Å². The molecule has 0 aliphatic carbocycles. The van der Waals surface area contributed by atoms with Crippen molar-refractivity contribution in [2.75, 3.05) is 35.5 Å². The molecule has 1 atom stereocenters. The monoisotopic (exact) mass is 910 g/mol. The van der Waals surface area contributed by atoms with Gasteiger partial charge in [-0.05, 0) is 153 Å². The summed E-state index contributed by atoms with van der Waals surface area (Å²) in [7, 11) is 8.11. The van der Waals surface area contributed by atoms with E-state index in [1.807, 2.05) is 48.5 Å². The molecule has 9 aromatic carbocycles. The highest BCUT2D eigenvalue weighted by Gasteiger charge is 2.52. The number of aromatic nitrogens is 1. The van der Waals surface area contributed by atoms with Gasteiger partial charge in [0.05, 0.1) is 52.2 Å². The van der Waals surface area contributed by atoms with E-state index in [1.165, 1.54) is 28.7 Å². The number of carbonyl (C=O) groups is 1. The van der Waals surface area contributed by atoms with Crippen molar-refractivity contribution in [1.29, 1.82) is 0 Å². The molecule has 0 radical (unpaired) electrons. The molecule has 1 aromatic heterocycles. The molecule has 12 rings (SSSR count). The molecule has 0 spiro atoms. The van der Waals surface area contributed by atoms with Gasteiger partial charge in [-0.3, -0.25) is 0 Å². The first-order valence-corrected chi connectivity index (χ1v) is 23.0. The lowest BCUT2D eigenvalue weighted by molar-refractivity contribution is -0.279. The number of hydrogen-bond donors (Lipinski definition) is 0. The Labute approximate surface area is 404 Å². The zero-order chi connectivity index (χ0) is 47.7. The normalized spacial score (nSPS) is 14.6. The minimum atomic E-state index is -2.61. The van der Waals surface area contributed by atoms with E-state index in [0.29, 0.717) is 11.1 Å². The average molecular weight is 911 g/mol. The Kier molecular flexibility index (Phi) is 9.98. The van der Waals surface area contributed by atoms with Gasteiger partial charge in [-0.1, -0.05) is 48.5 Å². The highest BCUT2D eigenvalue weighted by Crippen LogP contribution is 2.47. The van der Waals surface area contributed by atoms with Crippen LogP contribution in [0, 0.1) is 23.5 Å². The topological polar surface area (TPSA) is 71.2 Å². The van der Waals surface area contributed by atoms with E-state index in [9.17, 15) is 4.79 Å². The van der Waals surface area contributed by atoms with E-state index < -0.39 is 12.4 Å². The van der Waals surface area contributed by atoms with Gasteiger partial charge in [-0.2, -0.15) is 11.6 Å². The predicted molar refractivity (Wildman–Crippen MR) is 281 cm³/mol. The second kappa shape index (κ2) is 16.6. The number of benzene rings is 9. The molecule has 0 amide bonds. The summed E-state index contributed by atoms with van der Waals surface area (Å²) in [6.07, 6.45) is -0.337. The molecule has 70 heavy (non-hydrogen) atoms. The first kappa shape index (κ1) is 42.2. The summed E-state index contributed by atoms with van der Waals surface area (Å²) in [5, 5.41) is 8.94. The molecule has 8 nitrogen and oxygen atoms in total. The standard InChI is InChI=1S/C61H43BN2O6/c1-66-46-22-17-43(18-23-46)59-53-35-48(68-3)26-29-51(53)55-37-56-52-30-27-49(69-4)36-54(52)60(44-19-24-47(67-2)25-20-44)64(56)62(63(55)59,33-31-38-9-11-45(12-10-38)61(65)70-5)34-32-39-13-14-42-16-15-40-7-6-8-41-21-28-50(39)58(42)57(40)41/h6-30,35-37H,1-5H3. The number of fused-ring (bicyclic) bond motifs is 6. The van der Waals surface area contributed by atoms with Crippen LogP contribution in [0.1, 0.15) is 43.9 Å². The van der Waals surface area contributed by atoms with Crippen LogP contribution in [0.25, 0.3) is 66.1 Å². The Bertz CT molecular complexity index is 3980. The smallest absolute Gasteiger partial charge is 0.497 e. The van der Waals surface area contributed by atoms with Crippen molar-refractivity contribution in [2.24, 2.45) is 0 Å². The number of ether oxygens (including phenoxy) is 5. The number of carbonyl (C=O) groups excluding carboxylic acids is 1. The van der Waals surface area contributed by atoms with Crippen LogP contribution < -0.4 is 18.9 Å². The molecule has 0 bridgehead atoms. The summed E-state index contributed by atoms with van der Waals surface area (Å²) in [5.41, 5.74) is 9.54. The van der Waals surface area contributed by atoms with Gasteiger partial charge in [-0.25, -0.2) is 4.79 Å². The van der Waals surface area contributed by atoms with Crippen LogP contribution in [0.5, 0.6) is 23.0 Å². The summed E-state index contributed by atoms with van der Waals surface area (Å²) in [6, 6.07) is 55.5. The fourth-order valence-electron chi connectivity index (χ4n) is 10.6. The summed E-state index contributed by atoms with van der Waals surface area (Å²) in [5.74, 6) is 18.0. The van der Waals surface area contributed by atoms with Crippen molar-refractivity contribution in [3.63, 3.8) is 0 Å². The Morgan fingerprint density at radius 3 is 1.80 bits per heavy atom. The maximum atomic E-state index is 12.7. The molecule has 10 aromatic rings. The van der Waals surface area contributed by atoms with E-state index in [-0.39, 0.29) is 0 Å². The van der Waals surface area contributed by atoms with Crippen LogP contribution in [0.4, 0.5) is 0 Å². The molecule has 9 heteroatoms. The second-order valence-electron chi connectivity index (χ2n) is 17.5. The van der Waals surface area contributed by atoms with E-state index in [2.05, 4.69) is 142 Å². The number of methoxy groups -OCH3 is 5. The van der Waals surface area contributed by atoms with Gasteiger partial charge in [-0.15, -0.1) is 11.8 Å². The van der Waals surface area contributed by atoms with Crippen LogP contribution in [0.2, 0.25) is 0 Å². The summed E-state index contributed by atoms with van der Waals surface area (Å²) >= 11 is 0. The molecule has 0 N–H and O–H groups in total. The Hall–Kier alpha value is -9.18. The average Bonchev–Trinajstić information content (AvgIpc) is 3.93.